The molecule has 7 N–H and O–H groups in total. The van der Waals surface area contributed by atoms with Gasteiger partial charge in [0.25, 0.3) is 0 Å². The van der Waals surface area contributed by atoms with Gasteiger partial charge in [-0.3, -0.25) is 19.2 Å². The van der Waals surface area contributed by atoms with Crippen LogP contribution in [0.1, 0.15) is 79.2 Å². The van der Waals surface area contributed by atoms with E-state index in [1.807, 2.05) is 0 Å². The molecule has 206 valence electrons. The smallest absolute Gasteiger partial charge is 0.199 e. The second kappa shape index (κ2) is 9.59. The molecule has 39 heavy (non-hydrogen) atoms. The number of carbonyl (C=O) groups excluding carboxylic acids is 4. The average Bonchev–Trinajstić information content (AvgIpc) is 2.90. The van der Waals surface area contributed by atoms with Gasteiger partial charge in [-0.25, -0.2) is 0 Å². The number of carbonyl (C=O) groups is 4. The van der Waals surface area contributed by atoms with E-state index in [0.29, 0.717) is 6.29 Å². The number of phenolic OH excluding ortho intramolecular Hbond substituents is 2. The van der Waals surface area contributed by atoms with Gasteiger partial charge in [0.05, 0.1) is 29.4 Å². The molecule has 5 rings (SSSR count). The Kier molecular flexibility index (Phi) is 6.66. The number of hydrogen-bond acceptors (Lipinski definition) is 12. The summed E-state index contributed by atoms with van der Waals surface area (Å²) in [5.74, 6) is -4.19. The lowest BCUT2D eigenvalue weighted by Crippen LogP contribution is -2.53. The number of rotatable bonds is 5. The van der Waals surface area contributed by atoms with Crippen LogP contribution in [0.5, 0.6) is 11.5 Å². The number of phenols is 2. The first kappa shape index (κ1) is 27.1. The highest BCUT2D eigenvalue weighted by molar-refractivity contribution is 6.32. The molecule has 12 nitrogen and oxygen atoms in total. The first-order valence-corrected chi connectivity index (χ1v) is 12.3. The molecule has 0 radical (unpaired) electrons. The third-order valence-corrected chi connectivity index (χ3v) is 7.78. The number of aldehydes is 1. The van der Waals surface area contributed by atoms with Crippen LogP contribution in [0.15, 0.2) is 18.2 Å². The highest BCUT2D eigenvalue weighted by Crippen LogP contribution is 2.52. The predicted molar refractivity (Wildman–Crippen MR) is 131 cm³/mol. The summed E-state index contributed by atoms with van der Waals surface area (Å²) in [6, 6.07) is 3.29. The van der Waals surface area contributed by atoms with E-state index >= 15 is 0 Å². The molecule has 1 unspecified atom stereocenters. The summed E-state index contributed by atoms with van der Waals surface area (Å²) < 4.78 is 11.7. The summed E-state index contributed by atoms with van der Waals surface area (Å²) in [6.07, 6.45) is -4.91. The van der Waals surface area contributed by atoms with Crippen molar-refractivity contribution in [2.24, 2.45) is 5.73 Å². The van der Waals surface area contributed by atoms with E-state index in [1.54, 1.807) is 6.92 Å². The van der Waals surface area contributed by atoms with Crippen LogP contribution in [-0.4, -0.2) is 85.9 Å². The molecule has 2 aliphatic carbocycles. The number of Topliss-reactive ketones (excluding diaryl/α,β-unsaturated/α-hetero) is 1. The average molecular weight is 542 g/mol. The van der Waals surface area contributed by atoms with Crippen LogP contribution in [0.4, 0.5) is 0 Å². The zero-order chi connectivity index (χ0) is 28.4. The van der Waals surface area contributed by atoms with Gasteiger partial charge < -0.3 is 40.7 Å². The molecule has 12 heteroatoms. The highest BCUT2D eigenvalue weighted by atomic mass is 16.7. The number of ether oxygens (including phenoxy) is 2. The second-order valence-electron chi connectivity index (χ2n) is 10.2. The van der Waals surface area contributed by atoms with E-state index in [9.17, 15) is 44.7 Å². The molecule has 3 aliphatic rings. The molecule has 0 saturated carbocycles. The Labute approximate surface area is 221 Å². The minimum atomic E-state index is -2.27. The van der Waals surface area contributed by atoms with E-state index in [0.717, 1.165) is 0 Å². The normalized spacial score (nSPS) is 29.8. The van der Waals surface area contributed by atoms with Crippen LogP contribution < -0.4 is 5.73 Å². The SMILES string of the molecule is CC1O[C@@H](O[C@H]2C[C@](O)(C(=O)CO)Cc3c(O)c4c(c(O)c32)C(=O)c2c(C=O)cccc2C4=O)C[C@@H](N)[C@H]1O. The summed E-state index contributed by atoms with van der Waals surface area (Å²) in [6.45, 7) is 0.524. The summed E-state index contributed by atoms with van der Waals surface area (Å²) in [5.41, 5.74) is 1.77. The largest absolute Gasteiger partial charge is 0.507 e. The van der Waals surface area contributed by atoms with Gasteiger partial charge in [-0.05, 0) is 6.92 Å². The Balaban J connectivity index is 1.69. The Morgan fingerprint density at radius 3 is 2.51 bits per heavy atom. The van der Waals surface area contributed by atoms with E-state index in [-0.39, 0.29) is 34.2 Å². The molecule has 0 spiro atoms. The van der Waals surface area contributed by atoms with Crippen molar-refractivity contribution in [1.82, 2.24) is 0 Å². The molecule has 1 fully saturated rings. The summed E-state index contributed by atoms with van der Waals surface area (Å²) >= 11 is 0. The van der Waals surface area contributed by atoms with Gasteiger partial charge in [0.15, 0.2) is 29.9 Å². The lowest BCUT2D eigenvalue weighted by atomic mass is 9.71. The third-order valence-electron chi connectivity index (χ3n) is 7.78. The van der Waals surface area contributed by atoms with Crippen molar-refractivity contribution >= 4 is 23.6 Å². The van der Waals surface area contributed by atoms with Gasteiger partial charge in [0.1, 0.15) is 23.7 Å². The number of fused-ring (bicyclic) bond motifs is 3. The van der Waals surface area contributed by atoms with Crippen LogP contribution >= 0.6 is 0 Å². The van der Waals surface area contributed by atoms with E-state index < -0.39 is 95.7 Å². The molecular formula is C27H27NO11. The first-order valence-electron chi connectivity index (χ1n) is 12.3. The molecule has 0 amide bonds. The van der Waals surface area contributed by atoms with Crippen molar-refractivity contribution in [2.45, 2.75) is 62.4 Å². The predicted octanol–water partition coefficient (Wildman–Crippen LogP) is -0.195. The highest BCUT2D eigenvalue weighted by Gasteiger charge is 2.50. The van der Waals surface area contributed by atoms with Gasteiger partial charge >= 0.3 is 0 Å². The molecule has 0 bridgehead atoms. The second-order valence-corrected chi connectivity index (χ2v) is 10.2. The fourth-order valence-electron chi connectivity index (χ4n) is 5.74. The van der Waals surface area contributed by atoms with Gasteiger partial charge in [-0.15, -0.1) is 0 Å². The Morgan fingerprint density at radius 2 is 1.87 bits per heavy atom. The number of aliphatic hydroxyl groups is 3. The minimum Gasteiger partial charge on any atom is -0.507 e. The van der Waals surface area contributed by atoms with Crippen LogP contribution in [0.25, 0.3) is 0 Å². The number of ketones is 3. The van der Waals surface area contributed by atoms with Gasteiger partial charge in [-0.1, -0.05) is 18.2 Å². The Morgan fingerprint density at radius 1 is 1.18 bits per heavy atom. The molecule has 1 saturated heterocycles. The van der Waals surface area contributed by atoms with Crippen molar-refractivity contribution in [3.63, 3.8) is 0 Å². The van der Waals surface area contributed by atoms with Gasteiger partial charge in [-0.2, -0.15) is 0 Å². The van der Waals surface area contributed by atoms with E-state index in [4.69, 9.17) is 15.2 Å². The van der Waals surface area contributed by atoms with Gasteiger partial charge in [0.2, 0.25) is 0 Å². The molecule has 1 aliphatic heterocycles. The zero-order valence-corrected chi connectivity index (χ0v) is 20.8. The Hall–Kier alpha value is -3.52. The third kappa shape index (κ3) is 4.07. The first-order chi connectivity index (χ1) is 18.4. The molecule has 0 aromatic heterocycles. The van der Waals surface area contributed by atoms with E-state index in [1.165, 1.54) is 18.2 Å². The molecular weight excluding hydrogens is 514 g/mol. The van der Waals surface area contributed by atoms with Crippen LogP contribution in [0, 0.1) is 0 Å². The lowest BCUT2D eigenvalue weighted by molar-refractivity contribution is -0.247. The maximum Gasteiger partial charge on any atom is 0.199 e. The number of aromatic hydroxyl groups is 2. The van der Waals surface area contributed by atoms with Crippen molar-refractivity contribution < 1.29 is 54.2 Å². The summed E-state index contributed by atoms with van der Waals surface area (Å²) in [5, 5.41) is 53.6. The minimum absolute atomic E-state index is 0.00507. The maximum atomic E-state index is 13.6. The molecule has 6 atom stereocenters. The number of hydrogen-bond donors (Lipinski definition) is 6. The topological polar surface area (TPSA) is 214 Å². The Bertz CT molecular complexity index is 1410. The van der Waals surface area contributed by atoms with Crippen LogP contribution in [0.2, 0.25) is 0 Å². The summed E-state index contributed by atoms with van der Waals surface area (Å²) in [7, 11) is 0. The lowest BCUT2D eigenvalue weighted by Gasteiger charge is -2.42. The number of aliphatic hydroxyl groups excluding tert-OH is 2. The van der Waals surface area contributed by atoms with Gasteiger partial charge in [0, 0.05) is 53.1 Å². The number of nitrogens with two attached hydrogens (primary N) is 1. The van der Waals surface area contributed by atoms with Crippen molar-refractivity contribution in [3.05, 3.63) is 57.1 Å². The summed E-state index contributed by atoms with van der Waals surface area (Å²) in [4.78, 5) is 51.2. The quantitative estimate of drug-likeness (QED) is 0.183. The monoisotopic (exact) mass is 541 g/mol. The fourth-order valence-corrected chi connectivity index (χ4v) is 5.74. The molecule has 1 heterocycles. The van der Waals surface area contributed by atoms with Crippen molar-refractivity contribution in [3.8, 4) is 11.5 Å². The maximum absolute atomic E-state index is 13.6. The standard InChI is InChI=1S/C27H27NO11/c1-10-22(32)14(28)5-17(38-10)39-15-7-27(37,16(31)9-30)6-13-19(15)26(36)21-20(24(13)34)23(33)12-4-2-3-11(8-29)18(12)25(21)35/h2-4,8,10,14-15,17,22,30,32,34,36-37H,5-7,9,28H2,1H3/t10?,14-,15+,17+,22+,27+/m1/s1. The molecule has 2 aromatic rings. The zero-order valence-electron chi connectivity index (χ0n) is 20.8. The van der Waals surface area contributed by atoms with E-state index in [2.05, 4.69) is 0 Å². The van der Waals surface area contributed by atoms with Crippen LogP contribution in [0.3, 0.4) is 0 Å². The fraction of sp³-hybridized carbons (Fsp3) is 0.407. The molecule has 2 aromatic carbocycles. The van der Waals surface area contributed by atoms with Crippen LogP contribution in [-0.2, 0) is 20.7 Å². The van der Waals surface area contributed by atoms with Crippen molar-refractivity contribution in [1.29, 1.82) is 0 Å². The number of benzene rings is 2. The van der Waals surface area contributed by atoms with Crippen molar-refractivity contribution in [2.75, 3.05) is 6.61 Å².